The quantitative estimate of drug-likeness (QED) is 0.941. The molecule has 4 nitrogen and oxygen atoms in total. The van der Waals surface area contributed by atoms with Crippen LogP contribution in [0.2, 0.25) is 0 Å². The molecule has 2 aromatic rings. The third kappa shape index (κ3) is 3.68. The minimum atomic E-state index is -2.90. The van der Waals surface area contributed by atoms with Crippen LogP contribution in [-0.2, 0) is 0 Å². The molecule has 0 aromatic heterocycles. The fraction of sp³-hybridized carbons (Fsp3) is 0.133. The van der Waals surface area contributed by atoms with Crippen molar-refractivity contribution in [1.82, 2.24) is 0 Å². The van der Waals surface area contributed by atoms with E-state index in [1.54, 1.807) is 19.2 Å². The molecule has 0 atom stereocenters. The number of carbonyl (C=O) groups excluding carboxylic acids is 1. The minimum Gasteiger partial charge on any atom is -0.508 e. The lowest BCUT2D eigenvalue weighted by Gasteiger charge is -2.17. The van der Waals surface area contributed by atoms with E-state index in [-0.39, 0.29) is 17.4 Å². The molecule has 0 aliphatic rings. The Morgan fingerprint density at radius 1 is 1.10 bits per heavy atom. The number of hydrogen-bond donors (Lipinski definition) is 1. The number of hydrogen-bond acceptors (Lipinski definition) is 3. The lowest BCUT2D eigenvalue weighted by Crippen LogP contribution is -2.26. The highest BCUT2D eigenvalue weighted by atomic mass is 19.3. The van der Waals surface area contributed by atoms with Crippen LogP contribution in [0.15, 0.2) is 48.5 Å². The van der Waals surface area contributed by atoms with Crippen molar-refractivity contribution in [2.45, 2.75) is 6.61 Å². The standard InChI is InChI=1S/C15H13F2NO3/c1-18(11-4-6-12(19)7-5-11)14(20)10-2-8-13(9-3-10)21-15(16)17/h2-9,15,19H,1H3. The Morgan fingerprint density at radius 2 is 1.67 bits per heavy atom. The third-order valence-corrected chi connectivity index (χ3v) is 2.87. The van der Waals surface area contributed by atoms with Gasteiger partial charge in [0, 0.05) is 18.3 Å². The van der Waals surface area contributed by atoms with E-state index in [4.69, 9.17) is 0 Å². The Morgan fingerprint density at radius 3 is 2.19 bits per heavy atom. The predicted octanol–water partition coefficient (Wildman–Crippen LogP) is 3.27. The lowest BCUT2D eigenvalue weighted by atomic mass is 10.2. The first-order valence-corrected chi connectivity index (χ1v) is 6.09. The van der Waals surface area contributed by atoms with E-state index in [1.165, 1.54) is 41.3 Å². The first kappa shape index (κ1) is 14.8. The molecule has 0 unspecified atom stereocenters. The van der Waals surface area contributed by atoms with Gasteiger partial charge in [-0.25, -0.2) is 0 Å². The zero-order valence-electron chi connectivity index (χ0n) is 11.2. The Bertz CT molecular complexity index is 612. The molecular weight excluding hydrogens is 280 g/mol. The van der Waals surface area contributed by atoms with Crippen molar-refractivity contribution < 1.29 is 23.4 Å². The van der Waals surface area contributed by atoms with E-state index in [2.05, 4.69) is 4.74 Å². The van der Waals surface area contributed by atoms with Crippen LogP contribution in [0.3, 0.4) is 0 Å². The van der Waals surface area contributed by atoms with Crippen molar-refractivity contribution >= 4 is 11.6 Å². The summed E-state index contributed by atoms with van der Waals surface area (Å²) in [6.07, 6.45) is 0. The van der Waals surface area contributed by atoms with Gasteiger partial charge >= 0.3 is 6.61 Å². The number of ether oxygens (including phenoxy) is 1. The normalized spacial score (nSPS) is 10.5. The highest BCUT2D eigenvalue weighted by Crippen LogP contribution is 2.20. The molecule has 0 saturated heterocycles. The number of aromatic hydroxyl groups is 1. The Hall–Kier alpha value is -2.63. The van der Waals surface area contributed by atoms with Crippen LogP contribution in [-0.4, -0.2) is 24.7 Å². The van der Waals surface area contributed by atoms with Crippen molar-refractivity contribution in [3.63, 3.8) is 0 Å². The molecule has 110 valence electrons. The molecule has 1 amide bonds. The van der Waals surface area contributed by atoms with E-state index in [0.717, 1.165) is 0 Å². The number of halogens is 2. The number of alkyl halides is 2. The third-order valence-electron chi connectivity index (χ3n) is 2.87. The first-order valence-electron chi connectivity index (χ1n) is 6.09. The molecule has 0 radical (unpaired) electrons. The van der Waals surface area contributed by atoms with Gasteiger partial charge in [0.05, 0.1) is 0 Å². The summed E-state index contributed by atoms with van der Waals surface area (Å²) in [6.45, 7) is -2.90. The minimum absolute atomic E-state index is 0.00571. The average molecular weight is 293 g/mol. The molecule has 0 bridgehead atoms. The van der Waals surface area contributed by atoms with Gasteiger partial charge in [-0.3, -0.25) is 4.79 Å². The van der Waals surface area contributed by atoms with Crippen LogP contribution < -0.4 is 9.64 Å². The number of carbonyl (C=O) groups is 1. The van der Waals surface area contributed by atoms with Gasteiger partial charge < -0.3 is 14.7 Å². The zero-order valence-corrected chi connectivity index (χ0v) is 11.2. The van der Waals surface area contributed by atoms with Crippen LogP contribution in [0.4, 0.5) is 14.5 Å². The number of phenols is 1. The van der Waals surface area contributed by atoms with E-state index in [9.17, 15) is 18.7 Å². The second-order valence-electron chi connectivity index (χ2n) is 4.28. The Labute approximate surface area is 120 Å². The average Bonchev–Trinajstić information content (AvgIpc) is 2.47. The molecule has 0 heterocycles. The number of anilines is 1. The summed E-state index contributed by atoms with van der Waals surface area (Å²) in [5.41, 5.74) is 0.942. The van der Waals surface area contributed by atoms with Crippen molar-refractivity contribution in [3.05, 3.63) is 54.1 Å². The van der Waals surface area contributed by atoms with Gasteiger partial charge in [-0.05, 0) is 48.5 Å². The maximum Gasteiger partial charge on any atom is 0.387 e. The Balaban J connectivity index is 2.13. The molecule has 0 spiro atoms. The van der Waals surface area contributed by atoms with E-state index < -0.39 is 6.61 Å². The maximum atomic E-state index is 12.2. The zero-order chi connectivity index (χ0) is 15.4. The molecule has 0 aliphatic heterocycles. The first-order chi connectivity index (χ1) is 9.97. The van der Waals surface area contributed by atoms with Crippen LogP contribution in [0.1, 0.15) is 10.4 Å². The highest BCUT2D eigenvalue weighted by molar-refractivity contribution is 6.05. The smallest absolute Gasteiger partial charge is 0.387 e. The molecule has 2 rings (SSSR count). The van der Waals surface area contributed by atoms with Gasteiger partial charge in [0.25, 0.3) is 5.91 Å². The summed E-state index contributed by atoms with van der Waals surface area (Å²) in [7, 11) is 1.58. The van der Waals surface area contributed by atoms with Gasteiger partial charge in [0.1, 0.15) is 11.5 Å². The van der Waals surface area contributed by atoms with Gasteiger partial charge in [-0.2, -0.15) is 8.78 Å². The van der Waals surface area contributed by atoms with Crippen molar-refractivity contribution in [2.24, 2.45) is 0 Å². The summed E-state index contributed by atoms with van der Waals surface area (Å²) in [5.74, 6) is -0.203. The van der Waals surface area contributed by atoms with E-state index in [0.29, 0.717) is 11.3 Å². The van der Waals surface area contributed by atoms with Gasteiger partial charge in [0.15, 0.2) is 0 Å². The van der Waals surface area contributed by atoms with Gasteiger partial charge in [-0.1, -0.05) is 0 Å². The SMILES string of the molecule is CN(C(=O)c1ccc(OC(F)F)cc1)c1ccc(O)cc1. The Kier molecular flexibility index (Phi) is 4.37. The van der Waals surface area contributed by atoms with Crippen LogP contribution in [0.25, 0.3) is 0 Å². The second-order valence-corrected chi connectivity index (χ2v) is 4.28. The number of amides is 1. The van der Waals surface area contributed by atoms with Crippen molar-refractivity contribution in [1.29, 1.82) is 0 Å². The van der Waals surface area contributed by atoms with Crippen LogP contribution in [0.5, 0.6) is 11.5 Å². The molecular formula is C15H13F2NO3. The molecule has 21 heavy (non-hydrogen) atoms. The van der Waals surface area contributed by atoms with Crippen LogP contribution >= 0.6 is 0 Å². The summed E-state index contributed by atoms with van der Waals surface area (Å²) in [4.78, 5) is 13.6. The molecule has 0 fully saturated rings. The summed E-state index contributed by atoms with van der Waals surface area (Å²) in [6, 6.07) is 11.6. The van der Waals surface area contributed by atoms with Crippen molar-refractivity contribution in [2.75, 3.05) is 11.9 Å². The van der Waals surface area contributed by atoms with Crippen LogP contribution in [0, 0.1) is 0 Å². The summed E-state index contributed by atoms with van der Waals surface area (Å²) in [5, 5.41) is 9.22. The fourth-order valence-corrected chi connectivity index (χ4v) is 1.77. The second kappa shape index (κ2) is 6.21. The fourth-order valence-electron chi connectivity index (χ4n) is 1.77. The predicted molar refractivity (Wildman–Crippen MR) is 73.9 cm³/mol. The summed E-state index contributed by atoms with van der Waals surface area (Å²) >= 11 is 0. The number of phenolic OH excluding ortho intramolecular Hbond substituents is 1. The highest BCUT2D eigenvalue weighted by Gasteiger charge is 2.14. The van der Waals surface area contributed by atoms with Gasteiger partial charge in [0.2, 0.25) is 0 Å². The molecule has 2 aromatic carbocycles. The van der Waals surface area contributed by atoms with E-state index in [1.807, 2.05) is 0 Å². The van der Waals surface area contributed by atoms with Gasteiger partial charge in [-0.15, -0.1) is 0 Å². The lowest BCUT2D eigenvalue weighted by molar-refractivity contribution is -0.0498. The maximum absolute atomic E-state index is 12.2. The monoisotopic (exact) mass is 293 g/mol. The number of nitrogens with zero attached hydrogens (tertiary/aromatic N) is 1. The molecule has 0 aliphatic carbocycles. The largest absolute Gasteiger partial charge is 0.508 e. The summed E-state index contributed by atoms with van der Waals surface area (Å²) < 4.78 is 28.3. The number of benzene rings is 2. The van der Waals surface area contributed by atoms with Crippen molar-refractivity contribution in [3.8, 4) is 11.5 Å². The topological polar surface area (TPSA) is 49.8 Å². The van der Waals surface area contributed by atoms with E-state index >= 15 is 0 Å². The molecule has 0 saturated carbocycles. The molecule has 1 N–H and O–H groups in total. The number of rotatable bonds is 4. The molecule has 6 heteroatoms.